The number of benzene rings is 1. The molecule has 2 aromatic rings. The summed E-state index contributed by atoms with van der Waals surface area (Å²) in [6.45, 7) is 7.63. The summed E-state index contributed by atoms with van der Waals surface area (Å²) in [5, 5.41) is 1.12. The molecule has 4 heterocycles. The predicted molar refractivity (Wildman–Crippen MR) is 98.0 cm³/mol. The molecule has 5 rings (SSSR count). The Morgan fingerprint density at radius 1 is 0.815 bits per heavy atom. The molecule has 0 bridgehead atoms. The summed E-state index contributed by atoms with van der Waals surface area (Å²) in [7, 11) is 0. The molecule has 0 unspecified atom stereocenters. The molecule has 0 radical (unpaired) electrons. The van der Waals surface area contributed by atoms with Crippen molar-refractivity contribution in [2.75, 3.05) is 0 Å². The van der Waals surface area contributed by atoms with Gasteiger partial charge in [0.2, 0.25) is 0 Å². The quantitative estimate of drug-likeness (QED) is 0.808. The molecule has 0 amide bonds. The van der Waals surface area contributed by atoms with E-state index >= 15 is 0 Å². The number of aromatic nitrogens is 1. The summed E-state index contributed by atoms with van der Waals surface area (Å²) >= 11 is 0. The Hall–Kier alpha value is -1.57. The first kappa shape index (κ1) is 17.5. The first-order valence-electron chi connectivity index (χ1n) is 9.51. The van der Waals surface area contributed by atoms with Crippen molar-refractivity contribution in [1.29, 1.82) is 0 Å². The van der Waals surface area contributed by atoms with E-state index in [1.165, 1.54) is 0 Å². The number of rotatable bonds is 2. The zero-order valence-corrected chi connectivity index (χ0v) is 16.0. The highest BCUT2D eigenvalue weighted by molar-refractivity contribution is 5.78. The number of ether oxygens (including phenoxy) is 5. The molecule has 27 heavy (non-hydrogen) atoms. The molecule has 0 N–H and O–H groups in total. The van der Waals surface area contributed by atoms with Crippen LogP contribution in [-0.2, 0) is 30.1 Å². The van der Waals surface area contributed by atoms with Gasteiger partial charge in [-0.15, -0.1) is 0 Å². The Bertz CT molecular complexity index is 867. The SMILES string of the molecule is CC1(C)O[C@H]2[C@@H](O1)[C@@H](Cc1ccc3ccccc3n1)O[C@@H]1OC(C)(C)O[C@@H]12. The molecular formula is C21H25NO5. The van der Waals surface area contributed by atoms with Crippen LogP contribution in [0.1, 0.15) is 33.4 Å². The van der Waals surface area contributed by atoms with Gasteiger partial charge in [0.15, 0.2) is 17.9 Å². The molecule has 3 saturated heterocycles. The average Bonchev–Trinajstić information content (AvgIpc) is 3.09. The van der Waals surface area contributed by atoms with Crippen LogP contribution in [0.25, 0.3) is 10.9 Å². The fourth-order valence-corrected chi connectivity index (χ4v) is 4.29. The van der Waals surface area contributed by atoms with Gasteiger partial charge in [0.25, 0.3) is 0 Å². The molecule has 6 nitrogen and oxygen atoms in total. The van der Waals surface area contributed by atoms with E-state index in [9.17, 15) is 0 Å². The molecule has 1 aromatic heterocycles. The van der Waals surface area contributed by atoms with E-state index in [2.05, 4.69) is 12.1 Å². The third-order valence-corrected chi connectivity index (χ3v) is 5.32. The summed E-state index contributed by atoms with van der Waals surface area (Å²) in [5.74, 6) is -1.38. The van der Waals surface area contributed by atoms with Gasteiger partial charge in [-0.3, -0.25) is 4.98 Å². The summed E-state index contributed by atoms with van der Waals surface area (Å²) in [6, 6.07) is 12.2. The van der Waals surface area contributed by atoms with Crippen molar-refractivity contribution >= 4 is 10.9 Å². The van der Waals surface area contributed by atoms with Crippen molar-refractivity contribution in [1.82, 2.24) is 4.98 Å². The fourth-order valence-electron chi connectivity index (χ4n) is 4.29. The van der Waals surface area contributed by atoms with Gasteiger partial charge in [-0.05, 0) is 39.8 Å². The van der Waals surface area contributed by atoms with Crippen LogP contribution in [0.4, 0.5) is 0 Å². The molecule has 0 spiro atoms. The molecule has 144 valence electrons. The molecule has 3 fully saturated rings. The van der Waals surface area contributed by atoms with Gasteiger partial charge in [0.1, 0.15) is 18.3 Å². The normalized spacial score (nSPS) is 36.5. The van der Waals surface area contributed by atoms with Gasteiger partial charge < -0.3 is 23.7 Å². The Balaban J connectivity index is 1.44. The van der Waals surface area contributed by atoms with Crippen molar-refractivity contribution in [3.05, 3.63) is 42.1 Å². The van der Waals surface area contributed by atoms with Crippen LogP contribution >= 0.6 is 0 Å². The Labute approximate surface area is 158 Å². The summed E-state index contributed by atoms with van der Waals surface area (Å²) in [5.41, 5.74) is 1.94. The lowest BCUT2D eigenvalue weighted by atomic mass is 9.95. The van der Waals surface area contributed by atoms with E-state index in [4.69, 9.17) is 28.7 Å². The molecule has 1 aromatic carbocycles. The minimum Gasteiger partial charge on any atom is -0.343 e. The van der Waals surface area contributed by atoms with Crippen LogP contribution in [0.2, 0.25) is 0 Å². The van der Waals surface area contributed by atoms with Gasteiger partial charge in [0, 0.05) is 17.5 Å². The van der Waals surface area contributed by atoms with Gasteiger partial charge in [0.05, 0.1) is 11.6 Å². The summed E-state index contributed by atoms with van der Waals surface area (Å²) in [6.07, 6.45) is -0.822. The Morgan fingerprint density at radius 3 is 2.37 bits per heavy atom. The highest BCUT2D eigenvalue weighted by Crippen LogP contribution is 2.44. The van der Waals surface area contributed by atoms with Crippen molar-refractivity contribution < 1.29 is 23.7 Å². The van der Waals surface area contributed by atoms with Crippen molar-refractivity contribution in [3.63, 3.8) is 0 Å². The molecule has 0 saturated carbocycles. The Kier molecular flexibility index (Phi) is 3.87. The zero-order chi connectivity index (χ0) is 18.8. The second kappa shape index (κ2) is 5.96. The monoisotopic (exact) mass is 371 g/mol. The minimum atomic E-state index is -0.702. The maximum absolute atomic E-state index is 6.28. The van der Waals surface area contributed by atoms with Gasteiger partial charge in [-0.1, -0.05) is 24.3 Å². The summed E-state index contributed by atoms with van der Waals surface area (Å²) in [4.78, 5) is 4.79. The maximum atomic E-state index is 6.28. The molecule has 3 aliphatic rings. The Morgan fingerprint density at radius 2 is 1.52 bits per heavy atom. The van der Waals surface area contributed by atoms with Crippen LogP contribution in [0.5, 0.6) is 0 Å². The zero-order valence-electron chi connectivity index (χ0n) is 16.0. The van der Waals surface area contributed by atoms with E-state index < -0.39 is 17.9 Å². The second-order valence-electron chi connectivity index (χ2n) is 8.41. The number of para-hydroxylation sites is 1. The molecular weight excluding hydrogens is 346 g/mol. The van der Waals surface area contributed by atoms with Gasteiger partial charge in [-0.25, -0.2) is 0 Å². The van der Waals surface area contributed by atoms with Crippen LogP contribution in [0.3, 0.4) is 0 Å². The molecule has 0 aliphatic carbocycles. The van der Waals surface area contributed by atoms with E-state index in [0.717, 1.165) is 16.6 Å². The largest absolute Gasteiger partial charge is 0.343 e. The average molecular weight is 371 g/mol. The lowest BCUT2D eigenvalue weighted by Crippen LogP contribution is -2.55. The van der Waals surface area contributed by atoms with E-state index in [-0.39, 0.29) is 24.4 Å². The van der Waals surface area contributed by atoms with Crippen molar-refractivity contribution in [3.8, 4) is 0 Å². The highest BCUT2D eigenvalue weighted by atomic mass is 16.9. The smallest absolute Gasteiger partial charge is 0.190 e. The molecule has 3 aliphatic heterocycles. The van der Waals surface area contributed by atoms with E-state index in [0.29, 0.717) is 6.42 Å². The van der Waals surface area contributed by atoms with Gasteiger partial charge >= 0.3 is 0 Å². The summed E-state index contributed by atoms with van der Waals surface area (Å²) < 4.78 is 30.7. The van der Waals surface area contributed by atoms with Crippen LogP contribution in [0, 0.1) is 0 Å². The van der Waals surface area contributed by atoms with Gasteiger partial charge in [-0.2, -0.15) is 0 Å². The number of nitrogens with zero attached hydrogens (tertiary/aromatic N) is 1. The van der Waals surface area contributed by atoms with Crippen molar-refractivity contribution in [2.45, 2.75) is 76.4 Å². The van der Waals surface area contributed by atoms with Crippen molar-refractivity contribution in [2.24, 2.45) is 0 Å². The standard InChI is InChI=1S/C21H25NO5/c1-20(2)24-16-15(11-13-10-9-12-7-5-6-8-14(12)22-13)23-19-18(17(16)25-20)26-21(3,4)27-19/h5-10,15-19H,11H2,1-4H3/t15-,16+,17+,18-,19-/m1/s1. The van der Waals surface area contributed by atoms with E-state index in [1.54, 1.807) is 0 Å². The number of fused-ring (bicyclic) bond motifs is 4. The first-order valence-corrected chi connectivity index (χ1v) is 9.51. The van der Waals surface area contributed by atoms with Crippen LogP contribution in [-0.4, -0.2) is 47.3 Å². The number of hydrogen-bond donors (Lipinski definition) is 0. The second-order valence-corrected chi connectivity index (χ2v) is 8.41. The van der Waals surface area contributed by atoms with Crippen LogP contribution < -0.4 is 0 Å². The molecule has 5 atom stereocenters. The third kappa shape index (κ3) is 3.15. The number of hydrogen-bond acceptors (Lipinski definition) is 6. The highest BCUT2D eigenvalue weighted by Gasteiger charge is 2.60. The third-order valence-electron chi connectivity index (χ3n) is 5.32. The number of pyridine rings is 1. The topological polar surface area (TPSA) is 59.0 Å². The van der Waals surface area contributed by atoms with Crippen LogP contribution in [0.15, 0.2) is 36.4 Å². The fraction of sp³-hybridized carbons (Fsp3) is 0.571. The first-order chi connectivity index (χ1) is 12.8. The molecule has 6 heteroatoms. The predicted octanol–water partition coefficient (Wildman–Crippen LogP) is 3.17. The lowest BCUT2D eigenvalue weighted by molar-refractivity contribution is -0.233. The lowest BCUT2D eigenvalue weighted by Gasteiger charge is -2.37. The maximum Gasteiger partial charge on any atom is 0.190 e. The van der Waals surface area contributed by atoms with E-state index in [1.807, 2.05) is 52.0 Å². The minimum absolute atomic E-state index is 0.218.